The quantitative estimate of drug-likeness (QED) is 0.506. The topological polar surface area (TPSA) is 95.6 Å². The molecule has 0 unspecified atom stereocenters. The number of piperidine rings is 1. The highest BCUT2D eigenvalue weighted by atomic mass is 16.2. The molecule has 7 nitrogen and oxygen atoms in total. The number of hydrogen-bond acceptors (Lipinski definition) is 4. The zero-order chi connectivity index (χ0) is 13.4. The SMILES string of the molecule is CC(C)[C@@H]1NC(=O)N([C@H]2CCC(=O)NC2=O)C1=O. The number of nitrogens with zero attached hydrogens (tertiary/aromatic N) is 1. The van der Waals surface area contributed by atoms with Gasteiger partial charge in [-0.1, -0.05) is 13.8 Å². The minimum atomic E-state index is -0.876. The molecule has 5 amide bonds. The summed E-state index contributed by atoms with van der Waals surface area (Å²) in [5, 5.41) is 4.69. The lowest BCUT2D eigenvalue weighted by Gasteiger charge is -2.27. The van der Waals surface area contributed by atoms with Crippen LogP contribution in [0.1, 0.15) is 26.7 Å². The molecule has 98 valence electrons. The second-order valence-electron chi connectivity index (χ2n) is 4.85. The van der Waals surface area contributed by atoms with Gasteiger partial charge in [0.1, 0.15) is 12.1 Å². The average Bonchev–Trinajstić information content (AvgIpc) is 2.56. The molecule has 2 N–H and O–H groups in total. The van der Waals surface area contributed by atoms with Crippen molar-refractivity contribution in [2.45, 2.75) is 38.8 Å². The lowest BCUT2D eigenvalue weighted by atomic mass is 10.0. The van der Waals surface area contributed by atoms with Gasteiger partial charge in [0.05, 0.1) is 0 Å². The zero-order valence-corrected chi connectivity index (χ0v) is 10.2. The fourth-order valence-corrected chi connectivity index (χ4v) is 2.19. The number of imide groups is 2. The van der Waals surface area contributed by atoms with Crippen LogP contribution in [0.15, 0.2) is 0 Å². The summed E-state index contributed by atoms with van der Waals surface area (Å²) in [6, 6.07) is -2.03. The van der Waals surface area contributed by atoms with Gasteiger partial charge >= 0.3 is 6.03 Å². The maximum atomic E-state index is 12.1. The fraction of sp³-hybridized carbons (Fsp3) is 0.636. The normalized spacial score (nSPS) is 28.7. The van der Waals surface area contributed by atoms with Crippen LogP contribution in [-0.2, 0) is 14.4 Å². The second kappa shape index (κ2) is 4.40. The molecule has 7 heteroatoms. The van der Waals surface area contributed by atoms with E-state index in [0.29, 0.717) is 0 Å². The van der Waals surface area contributed by atoms with E-state index in [4.69, 9.17) is 0 Å². The third-order valence-electron chi connectivity index (χ3n) is 3.19. The van der Waals surface area contributed by atoms with Gasteiger partial charge in [-0.15, -0.1) is 0 Å². The van der Waals surface area contributed by atoms with Crippen LogP contribution in [0.25, 0.3) is 0 Å². The van der Waals surface area contributed by atoms with Gasteiger partial charge in [-0.25, -0.2) is 9.69 Å². The van der Waals surface area contributed by atoms with Crippen LogP contribution in [0.2, 0.25) is 0 Å². The van der Waals surface area contributed by atoms with Crippen LogP contribution in [0.3, 0.4) is 0 Å². The van der Waals surface area contributed by atoms with Crippen molar-refractivity contribution in [3.8, 4) is 0 Å². The van der Waals surface area contributed by atoms with Gasteiger partial charge in [-0.3, -0.25) is 19.7 Å². The minimum Gasteiger partial charge on any atom is -0.326 e. The molecule has 2 aliphatic heterocycles. The summed E-state index contributed by atoms with van der Waals surface area (Å²) in [5.41, 5.74) is 0. The Kier molecular flexibility index (Phi) is 3.06. The molecule has 0 aromatic carbocycles. The van der Waals surface area contributed by atoms with Crippen molar-refractivity contribution in [1.29, 1.82) is 0 Å². The van der Waals surface area contributed by atoms with E-state index in [1.807, 2.05) is 13.8 Å². The Bertz CT molecular complexity index is 432. The second-order valence-corrected chi connectivity index (χ2v) is 4.85. The highest BCUT2D eigenvalue weighted by Gasteiger charge is 2.46. The molecule has 2 fully saturated rings. The summed E-state index contributed by atoms with van der Waals surface area (Å²) in [7, 11) is 0. The van der Waals surface area contributed by atoms with E-state index < -0.39 is 29.9 Å². The molecule has 0 aromatic heterocycles. The van der Waals surface area contributed by atoms with Crippen LogP contribution in [0, 0.1) is 5.92 Å². The van der Waals surface area contributed by atoms with E-state index in [0.717, 1.165) is 4.90 Å². The van der Waals surface area contributed by atoms with Crippen molar-refractivity contribution in [2.24, 2.45) is 5.92 Å². The van der Waals surface area contributed by atoms with E-state index in [9.17, 15) is 19.2 Å². The van der Waals surface area contributed by atoms with Crippen molar-refractivity contribution >= 4 is 23.8 Å². The smallest absolute Gasteiger partial charge is 0.325 e. The van der Waals surface area contributed by atoms with Crippen LogP contribution >= 0.6 is 0 Å². The number of nitrogens with one attached hydrogen (secondary N) is 2. The first-order chi connectivity index (χ1) is 8.41. The summed E-state index contributed by atoms with van der Waals surface area (Å²) in [5.74, 6) is -1.40. The van der Waals surface area contributed by atoms with Gasteiger partial charge in [0.25, 0.3) is 5.91 Å². The Hall–Kier alpha value is -1.92. The van der Waals surface area contributed by atoms with Gasteiger partial charge < -0.3 is 5.32 Å². The van der Waals surface area contributed by atoms with E-state index in [1.165, 1.54) is 0 Å². The first-order valence-corrected chi connectivity index (χ1v) is 5.89. The van der Waals surface area contributed by atoms with E-state index in [1.54, 1.807) is 0 Å². The van der Waals surface area contributed by atoms with Crippen LogP contribution in [0.4, 0.5) is 4.79 Å². The van der Waals surface area contributed by atoms with Crippen molar-refractivity contribution in [2.75, 3.05) is 0 Å². The molecule has 0 saturated carbocycles. The maximum absolute atomic E-state index is 12.1. The molecule has 0 radical (unpaired) electrons. The van der Waals surface area contributed by atoms with Gasteiger partial charge in [0.2, 0.25) is 11.8 Å². The molecule has 2 rings (SSSR count). The molecule has 0 aliphatic carbocycles. The number of hydrogen-bond donors (Lipinski definition) is 2. The molecule has 0 spiro atoms. The molecule has 0 aromatic rings. The fourth-order valence-electron chi connectivity index (χ4n) is 2.19. The zero-order valence-electron chi connectivity index (χ0n) is 10.2. The van der Waals surface area contributed by atoms with Crippen molar-refractivity contribution in [3.63, 3.8) is 0 Å². The summed E-state index contributed by atoms with van der Waals surface area (Å²) in [6.45, 7) is 3.63. The minimum absolute atomic E-state index is 0.0419. The highest BCUT2D eigenvalue weighted by molar-refractivity contribution is 6.10. The number of carbonyl (C=O) groups is 4. The van der Waals surface area contributed by atoms with E-state index >= 15 is 0 Å². The van der Waals surface area contributed by atoms with Gasteiger partial charge in [-0.05, 0) is 12.3 Å². The summed E-state index contributed by atoms with van der Waals surface area (Å²) < 4.78 is 0. The molecular weight excluding hydrogens is 238 g/mol. The largest absolute Gasteiger partial charge is 0.326 e. The van der Waals surface area contributed by atoms with Crippen LogP contribution < -0.4 is 10.6 Å². The molecule has 2 heterocycles. The monoisotopic (exact) mass is 253 g/mol. The Morgan fingerprint density at radius 2 is 1.89 bits per heavy atom. The maximum Gasteiger partial charge on any atom is 0.325 e. The Labute approximate surface area is 104 Å². The van der Waals surface area contributed by atoms with Gasteiger partial charge in [-0.2, -0.15) is 0 Å². The Balaban J connectivity index is 2.18. The molecule has 0 bridgehead atoms. The van der Waals surface area contributed by atoms with Crippen LogP contribution in [0.5, 0.6) is 0 Å². The van der Waals surface area contributed by atoms with E-state index in [2.05, 4.69) is 10.6 Å². The van der Waals surface area contributed by atoms with Gasteiger partial charge in [0.15, 0.2) is 0 Å². The highest BCUT2D eigenvalue weighted by Crippen LogP contribution is 2.20. The van der Waals surface area contributed by atoms with E-state index in [-0.39, 0.29) is 24.7 Å². The number of carbonyl (C=O) groups excluding carboxylic acids is 4. The van der Waals surface area contributed by atoms with Crippen molar-refractivity contribution < 1.29 is 19.2 Å². The number of urea groups is 1. The summed E-state index contributed by atoms with van der Waals surface area (Å²) in [6.07, 6.45) is 0.328. The lowest BCUT2D eigenvalue weighted by molar-refractivity contribution is -0.142. The third kappa shape index (κ3) is 1.96. The lowest BCUT2D eigenvalue weighted by Crippen LogP contribution is -2.54. The molecule has 2 saturated heterocycles. The first-order valence-electron chi connectivity index (χ1n) is 5.89. The molecule has 18 heavy (non-hydrogen) atoms. The summed E-state index contributed by atoms with van der Waals surface area (Å²) in [4.78, 5) is 47.4. The molecular formula is C11H15N3O4. The van der Waals surface area contributed by atoms with Crippen LogP contribution in [-0.4, -0.2) is 40.7 Å². The van der Waals surface area contributed by atoms with Crippen molar-refractivity contribution in [3.05, 3.63) is 0 Å². The Morgan fingerprint density at radius 1 is 1.22 bits per heavy atom. The Morgan fingerprint density at radius 3 is 2.39 bits per heavy atom. The third-order valence-corrected chi connectivity index (χ3v) is 3.19. The number of amides is 5. The molecule has 2 atom stereocenters. The molecule has 2 aliphatic rings. The average molecular weight is 253 g/mol. The first kappa shape index (κ1) is 12.5. The predicted molar refractivity (Wildman–Crippen MR) is 60.2 cm³/mol. The van der Waals surface area contributed by atoms with Gasteiger partial charge in [0, 0.05) is 6.42 Å². The van der Waals surface area contributed by atoms with Crippen molar-refractivity contribution in [1.82, 2.24) is 15.5 Å². The number of rotatable bonds is 2. The predicted octanol–water partition coefficient (Wildman–Crippen LogP) is -0.632. The summed E-state index contributed by atoms with van der Waals surface area (Å²) >= 11 is 0. The standard InChI is InChI=1S/C11H15N3O4/c1-5(2)8-10(17)14(11(18)13-8)6-3-4-7(15)12-9(6)16/h5-6,8H,3-4H2,1-2H3,(H,13,18)(H,12,15,16)/t6-,8-/m0/s1.